The van der Waals surface area contributed by atoms with Gasteiger partial charge in [-0.25, -0.2) is 13.2 Å². The number of alkyl halides is 3. The second-order valence-electron chi connectivity index (χ2n) is 5.42. The van der Waals surface area contributed by atoms with E-state index in [4.69, 9.17) is 0 Å². The van der Waals surface area contributed by atoms with Crippen molar-refractivity contribution in [3.63, 3.8) is 0 Å². The summed E-state index contributed by atoms with van der Waals surface area (Å²) < 4.78 is 37.6. The Bertz CT molecular complexity index is 239. The van der Waals surface area contributed by atoms with E-state index < -0.39 is 12.1 Å². The zero-order chi connectivity index (χ0) is 14.3. The monoisotopic (exact) mass is 280 g/mol. The Hall–Kier alpha value is -0.290. The van der Waals surface area contributed by atoms with Gasteiger partial charge in [-0.15, -0.1) is 0 Å². The van der Waals surface area contributed by atoms with Gasteiger partial charge in [-0.05, 0) is 32.5 Å². The maximum atomic E-state index is 12.6. The van der Waals surface area contributed by atoms with Crippen molar-refractivity contribution in [3.05, 3.63) is 0 Å². The number of rotatable bonds is 2. The van der Waals surface area contributed by atoms with Crippen LogP contribution in [0, 0.1) is 0 Å². The van der Waals surface area contributed by atoms with Crippen LogP contribution in [0.1, 0.15) is 39.5 Å². The van der Waals surface area contributed by atoms with Gasteiger partial charge in [0.05, 0.1) is 0 Å². The summed E-state index contributed by atoms with van der Waals surface area (Å²) in [6.45, 7) is 8.86. The average Bonchev–Trinajstić information content (AvgIpc) is 2.39. The molecule has 2 fully saturated rings. The minimum atomic E-state index is -2.38. The molecule has 2 heterocycles. The smallest absolute Gasteiger partial charge is 0.250 e. The minimum Gasteiger partial charge on any atom is -0.303 e. The molecule has 0 saturated carbocycles. The third-order valence-corrected chi connectivity index (χ3v) is 3.93. The highest BCUT2D eigenvalue weighted by Crippen LogP contribution is 2.27. The van der Waals surface area contributed by atoms with Gasteiger partial charge in [0.1, 0.15) is 6.17 Å². The Morgan fingerprint density at radius 3 is 2.00 bits per heavy atom. The van der Waals surface area contributed by atoms with Crippen molar-refractivity contribution in [2.24, 2.45) is 0 Å². The SMILES string of the molecule is CCN1CCC(F)(F)CC1.CCN1CCCC(F)C1. The van der Waals surface area contributed by atoms with E-state index >= 15 is 0 Å². The van der Waals surface area contributed by atoms with Crippen molar-refractivity contribution >= 4 is 0 Å². The maximum absolute atomic E-state index is 12.6. The van der Waals surface area contributed by atoms with Gasteiger partial charge in [0.15, 0.2) is 0 Å². The van der Waals surface area contributed by atoms with Crippen molar-refractivity contribution in [1.82, 2.24) is 9.80 Å². The van der Waals surface area contributed by atoms with Gasteiger partial charge in [-0.3, -0.25) is 0 Å². The zero-order valence-corrected chi connectivity index (χ0v) is 12.2. The van der Waals surface area contributed by atoms with Gasteiger partial charge in [0.25, 0.3) is 5.92 Å². The van der Waals surface area contributed by atoms with Crippen LogP contribution in [0.4, 0.5) is 13.2 Å². The molecule has 0 aliphatic carbocycles. The molecule has 2 aliphatic rings. The third-order valence-electron chi connectivity index (χ3n) is 3.93. The lowest BCUT2D eigenvalue weighted by Gasteiger charge is -2.30. The number of halogens is 3. The number of hydrogen-bond donors (Lipinski definition) is 0. The van der Waals surface area contributed by atoms with Crippen LogP contribution < -0.4 is 0 Å². The molecule has 1 unspecified atom stereocenters. The Kier molecular flexibility index (Phi) is 7.15. The number of hydrogen-bond acceptors (Lipinski definition) is 2. The molecule has 2 nitrogen and oxygen atoms in total. The van der Waals surface area contributed by atoms with E-state index in [0.717, 1.165) is 32.5 Å². The van der Waals surface area contributed by atoms with E-state index in [0.29, 0.717) is 19.6 Å². The van der Waals surface area contributed by atoms with Gasteiger partial charge in [-0.1, -0.05) is 13.8 Å². The highest BCUT2D eigenvalue weighted by atomic mass is 19.3. The zero-order valence-electron chi connectivity index (χ0n) is 12.2. The normalized spacial score (nSPS) is 28.6. The molecule has 0 aromatic rings. The topological polar surface area (TPSA) is 6.48 Å². The molecule has 0 amide bonds. The first-order valence-corrected chi connectivity index (χ1v) is 7.43. The predicted octanol–water partition coefficient (Wildman–Crippen LogP) is 3.18. The molecule has 2 rings (SSSR count). The third kappa shape index (κ3) is 6.61. The van der Waals surface area contributed by atoms with E-state index in [1.54, 1.807) is 0 Å². The fourth-order valence-corrected chi connectivity index (χ4v) is 2.48. The van der Waals surface area contributed by atoms with Crippen LogP contribution in [0.3, 0.4) is 0 Å². The molecular formula is C14H27F3N2. The number of nitrogens with zero attached hydrogens (tertiary/aromatic N) is 2. The molecule has 2 aliphatic heterocycles. The first kappa shape index (κ1) is 16.8. The minimum absolute atomic E-state index is 0.0425. The summed E-state index contributed by atoms with van der Waals surface area (Å²) in [6.07, 6.45) is 1.34. The molecule has 19 heavy (non-hydrogen) atoms. The van der Waals surface area contributed by atoms with Gasteiger partial charge in [0, 0.05) is 32.5 Å². The molecule has 0 radical (unpaired) electrons. The van der Waals surface area contributed by atoms with Crippen LogP contribution in [0.15, 0.2) is 0 Å². The van der Waals surface area contributed by atoms with Crippen molar-refractivity contribution in [2.75, 3.05) is 39.3 Å². The molecule has 0 aromatic heterocycles. The highest BCUT2D eigenvalue weighted by Gasteiger charge is 2.33. The molecule has 114 valence electrons. The fourth-order valence-electron chi connectivity index (χ4n) is 2.48. The van der Waals surface area contributed by atoms with Gasteiger partial charge >= 0.3 is 0 Å². The van der Waals surface area contributed by atoms with Crippen LogP contribution in [-0.4, -0.2) is 61.2 Å². The molecule has 2 saturated heterocycles. The van der Waals surface area contributed by atoms with Crippen LogP contribution in [0.25, 0.3) is 0 Å². The van der Waals surface area contributed by atoms with Gasteiger partial charge in [0.2, 0.25) is 0 Å². The standard InChI is InChI=1S/C7H13F2N.C7H14FN/c1-2-10-5-3-7(8,9)4-6-10;1-2-9-5-3-4-7(8)6-9/h2-6H2,1H3;7H,2-6H2,1H3. The van der Waals surface area contributed by atoms with Crippen LogP contribution in [0.5, 0.6) is 0 Å². The Morgan fingerprint density at radius 1 is 1.00 bits per heavy atom. The summed E-state index contributed by atoms with van der Waals surface area (Å²) >= 11 is 0. The Balaban J connectivity index is 0.000000191. The lowest BCUT2D eigenvalue weighted by molar-refractivity contribution is -0.0540. The van der Waals surface area contributed by atoms with E-state index in [2.05, 4.69) is 16.7 Å². The fraction of sp³-hybridized carbons (Fsp3) is 1.00. The lowest BCUT2D eigenvalue weighted by atomic mass is 10.1. The molecule has 1 atom stereocenters. The van der Waals surface area contributed by atoms with Crippen LogP contribution in [-0.2, 0) is 0 Å². The maximum Gasteiger partial charge on any atom is 0.250 e. The molecular weight excluding hydrogens is 253 g/mol. The lowest BCUT2D eigenvalue weighted by Crippen LogP contribution is -2.38. The summed E-state index contributed by atoms with van der Waals surface area (Å²) in [4.78, 5) is 4.21. The van der Waals surface area contributed by atoms with E-state index in [1.807, 2.05) is 6.92 Å². The number of likely N-dealkylation sites (tertiary alicyclic amines) is 2. The molecule has 0 N–H and O–H groups in total. The number of piperidine rings is 2. The molecule has 0 aromatic carbocycles. The van der Waals surface area contributed by atoms with Crippen molar-refractivity contribution in [2.45, 2.75) is 51.6 Å². The molecule has 0 bridgehead atoms. The summed E-state index contributed by atoms with van der Waals surface area (Å²) in [5.41, 5.74) is 0. The average molecular weight is 280 g/mol. The first-order valence-electron chi connectivity index (χ1n) is 7.43. The summed E-state index contributed by atoms with van der Waals surface area (Å²) in [6, 6.07) is 0. The predicted molar refractivity (Wildman–Crippen MR) is 72.5 cm³/mol. The van der Waals surface area contributed by atoms with E-state index in [1.165, 1.54) is 0 Å². The second kappa shape index (κ2) is 8.10. The van der Waals surface area contributed by atoms with Crippen molar-refractivity contribution in [3.8, 4) is 0 Å². The van der Waals surface area contributed by atoms with Gasteiger partial charge in [-0.2, -0.15) is 0 Å². The van der Waals surface area contributed by atoms with E-state index in [9.17, 15) is 13.2 Å². The van der Waals surface area contributed by atoms with Crippen molar-refractivity contribution in [1.29, 1.82) is 0 Å². The summed E-state index contributed by atoms with van der Waals surface area (Å²) in [5, 5.41) is 0. The largest absolute Gasteiger partial charge is 0.303 e. The second-order valence-corrected chi connectivity index (χ2v) is 5.42. The molecule has 0 spiro atoms. The summed E-state index contributed by atoms with van der Waals surface area (Å²) in [5.74, 6) is -2.38. The molecule has 5 heteroatoms. The van der Waals surface area contributed by atoms with Gasteiger partial charge < -0.3 is 9.80 Å². The first-order chi connectivity index (χ1) is 8.96. The summed E-state index contributed by atoms with van der Waals surface area (Å²) in [7, 11) is 0. The van der Waals surface area contributed by atoms with Crippen LogP contribution >= 0.6 is 0 Å². The van der Waals surface area contributed by atoms with Crippen LogP contribution in [0.2, 0.25) is 0 Å². The highest BCUT2D eigenvalue weighted by molar-refractivity contribution is 4.76. The quantitative estimate of drug-likeness (QED) is 0.766. The van der Waals surface area contributed by atoms with E-state index in [-0.39, 0.29) is 12.8 Å². The Labute approximate surface area is 114 Å². The van der Waals surface area contributed by atoms with Crippen molar-refractivity contribution < 1.29 is 13.2 Å². The Morgan fingerprint density at radius 2 is 1.58 bits per heavy atom.